The molecule has 0 aliphatic carbocycles. The molecule has 1 aromatic carbocycles. The maximum absolute atomic E-state index is 5.82. The zero-order valence-electron chi connectivity index (χ0n) is 7.74. The summed E-state index contributed by atoms with van der Waals surface area (Å²) in [4.78, 5) is 0. The molecular weight excluding hydrogens is 279 g/mol. The molecule has 0 bridgehead atoms. The Morgan fingerprint density at radius 1 is 1.33 bits per heavy atom. The summed E-state index contributed by atoms with van der Waals surface area (Å²) < 4.78 is 11.3. The first-order chi connectivity index (χ1) is 7.24. The van der Waals surface area contributed by atoms with Crippen LogP contribution in [0.15, 0.2) is 45.7 Å². The molecule has 0 amide bonds. The van der Waals surface area contributed by atoms with E-state index in [1.807, 2.05) is 24.3 Å². The SMILES string of the molecule is Clc1cccc(OCc2coc(Br)c2)c1. The van der Waals surface area contributed by atoms with Crippen LogP contribution in [-0.2, 0) is 6.61 Å². The molecule has 0 atom stereocenters. The predicted octanol–water partition coefficient (Wildman–Crippen LogP) is 4.27. The Hall–Kier alpha value is -0.930. The van der Waals surface area contributed by atoms with Crippen molar-refractivity contribution in [1.82, 2.24) is 0 Å². The van der Waals surface area contributed by atoms with Gasteiger partial charge in [-0.15, -0.1) is 0 Å². The van der Waals surface area contributed by atoms with Gasteiger partial charge in [-0.3, -0.25) is 0 Å². The number of benzene rings is 1. The number of halogens is 2. The minimum atomic E-state index is 0.468. The molecule has 2 aromatic rings. The Bertz CT molecular complexity index is 453. The second kappa shape index (κ2) is 4.73. The summed E-state index contributed by atoms with van der Waals surface area (Å²) in [6, 6.07) is 9.16. The Morgan fingerprint density at radius 3 is 2.87 bits per heavy atom. The van der Waals surface area contributed by atoms with Gasteiger partial charge < -0.3 is 9.15 Å². The van der Waals surface area contributed by atoms with Crippen molar-refractivity contribution in [3.05, 3.63) is 51.9 Å². The van der Waals surface area contributed by atoms with E-state index < -0.39 is 0 Å². The maximum Gasteiger partial charge on any atom is 0.169 e. The number of furan rings is 1. The topological polar surface area (TPSA) is 22.4 Å². The molecule has 0 aliphatic heterocycles. The third kappa shape index (κ3) is 3.01. The van der Waals surface area contributed by atoms with E-state index in [9.17, 15) is 0 Å². The van der Waals surface area contributed by atoms with Crippen LogP contribution in [0.4, 0.5) is 0 Å². The van der Waals surface area contributed by atoms with E-state index in [4.69, 9.17) is 20.8 Å². The predicted molar refractivity (Wildman–Crippen MR) is 62.2 cm³/mol. The molecule has 0 aliphatic rings. The number of rotatable bonds is 3. The molecule has 0 saturated heterocycles. The molecule has 1 aromatic heterocycles. The van der Waals surface area contributed by atoms with E-state index in [2.05, 4.69) is 15.9 Å². The summed E-state index contributed by atoms with van der Waals surface area (Å²) in [7, 11) is 0. The van der Waals surface area contributed by atoms with Crippen LogP contribution >= 0.6 is 27.5 Å². The molecule has 78 valence electrons. The van der Waals surface area contributed by atoms with E-state index in [-0.39, 0.29) is 0 Å². The largest absolute Gasteiger partial charge is 0.489 e. The summed E-state index contributed by atoms with van der Waals surface area (Å²) in [5.41, 5.74) is 0.974. The van der Waals surface area contributed by atoms with Crippen molar-refractivity contribution < 1.29 is 9.15 Å². The molecule has 0 saturated carbocycles. The average Bonchev–Trinajstić information content (AvgIpc) is 2.62. The van der Waals surface area contributed by atoms with Gasteiger partial charge in [-0.25, -0.2) is 0 Å². The first kappa shape index (κ1) is 10.6. The lowest BCUT2D eigenvalue weighted by Gasteiger charge is -2.03. The first-order valence-corrected chi connectivity index (χ1v) is 5.52. The number of hydrogen-bond donors (Lipinski definition) is 0. The van der Waals surface area contributed by atoms with Gasteiger partial charge >= 0.3 is 0 Å². The molecule has 1 heterocycles. The third-order valence-electron chi connectivity index (χ3n) is 1.82. The summed E-state index contributed by atoms with van der Waals surface area (Å²) in [5, 5.41) is 0.667. The molecule has 2 rings (SSSR count). The Kier molecular flexibility index (Phi) is 3.34. The van der Waals surface area contributed by atoms with Gasteiger partial charge in [0.05, 0.1) is 6.26 Å². The quantitative estimate of drug-likeness (QED) is 0.841. The van der Waals surface area contributed by atoms with Crippen molar-refractivity contribution in [3.8, 4) is 5.75 Å². The normalized spacial score (nSPS) is 10.3. The van der Waals surface area contributed by atoms with Crippen LogP contribution in [0.5, 0.6) is 5.75 Å². The van der Waals surface area contributed by atoms with Crippen LogP contribution in [0.3, 0.4) is 0 Å². The highest BCUT2D eigenvalue weighted by atomic mass is 79.9. The van der Waals surface area contributed by atoms with Crippen LogP contribution in [0.2, 0.25) is 5.02 Å². The lowest BCUT2D eigenvalue weighted by Crippen LogP contribution is -1.92. The standard InChI is InChI=1S/C11H8BrClO2/c12-11-4-8(7-15-11)6-14-10-3-1-2-9(13)5-10/h1-5,7H,6H2. The van der Waals surface area contributed by atoms with Gasteiger partial charge in [-0.1, -0.05) is 17.7 Å². The second-order valence-corrected chi connectivity index (χ2v) is 4.22. The van der Waals surface area contributed by atoms with Gasteiger partial charge in [0.15, 0.2) is 4.67 Å². The minimum Gasteiger partial charge on any atom is -0.489 e. The zero-order valence-corrected chi connectivity index (χ0v) is 10.1. The first-order valence-electron chi connectivity index (χ1n) is 4.35. The van der Waals surface area contributed by atoms with Crippen molar-refractivity contribution >= 4 is 27.5 Å². The zero-order chi connectivity index (χ0) is 10.7. The lowest BCUT2D eigenvalue weighted by molar-refractivity contribution is 0.305. The molecule has 4 heteroatoms. The van der Waals surface area contributed by atoms with E-state index in [0.717, 1.165) is 11.3 Å². The van der Waals surface area contributed by atoms with Crippen LogP contribution in [0.1, 0.15) is 5.56 Å². The van der Waals surface area contributed by atoms with E-state index >= 15 is 0 Å². The van der Waals surface area contributed by atoms with Crippen LogP contribution in [0, 0.1) is 0 Å². The van der Waals surface area contributed by atoms with E-state index in [1.165, 1.54) is 0 Å². The Balaban J connectivity index is 1.99. The van der Waals surface area contributed by atoms with Crippen molar-refractivity contribution in [2.24, 2.45) is 0 Å². The summed E-state index contributed by atoms with van der Waals surface area (Å²) in [6.07, 6.45) is 1.65. The van der Waals surface area contributed by atoms with Crippen molar-refractivity contribution in [3.63, 3.8) is 0 Å². The van der Waals surface area contributed by atoms with Crippen LogP contribution < -0.4 is 4.74 Å². The van der Waals surface area contributed by atoms with E-state index in [1.54, 1.807) is 12.3 Å². The monoisotopic (exact) mass is 286 g/mol. The number of ether oxygens (including phenoxy) is 1. The fourth-order valence-corrected chi connectivity index (χ4v) is 1.71. The smallest absolute Gasteiger partial charge is 0.169 e. The van der Waals surface area contributed by atoms with Gasteiger partial charge in [0, 0.05) is 10.6 Å². The molecule has 0 spiro atoms. The molecule has 0 fully saturated rings. The fourth-order valence-electron chi connectivity index (χ4n) is 1.14. The Morgan fingerprint density at radius 2 is 2.20 bits per heavy atom. The number of hydrogen-bond acceptors (Lipinski definition) is 2. The van der Waals surface area contributed by atoms with Gasteiger partial charge in [0.25, 0.3) is 0 Å². The van der Waals surface area contributed by atoms with E-state index in [0.29, 0.717) is 16.3 Å². The van der Waals surface area contributed by atoms with Crippen molar-refractivity contribution in [2.45, 2.75) is 6.61 Å². The fraction of sp³-hybridized carbons (Fsp3) is 0.0909. The summed E-state index contributed by atoms with van der Waals surface area (Å²) in [5.74, 6) is 0.750. The average molecular weight is 288 g/mol. The van der Waals surface area contributed by atoms with Crippen LogP contribution in [0.25, 0.3) is 0 Å². The van der Waals surface area contributed by atoms with Crippen molar-refractivity contribution in [2.75, 3.05) is 0 Å². The van der Waals surface area contributed by atoms with Gasteiger partial charge in [0.1, 0.15) is 12.4 Å². The second-order valence-electron chi connectivity index (χ2n) is 3.01. The minimum absolute atomic E-state index is 0.468. The third-order valence-corrected chi connectivity index (χ3v) is 2.47. The highest BCUT2D eigenvalue weighted by Crippen LogP contribution is 2.20. The van der Waals surface area contributed by atoms with Gasteiger partial charge in [0.2, 0.25) is 0 Å². The summed E-state index contributed by atoms with van der Waals surface area (Å²) >= 11 is 9.05. The van der Waals surface area contributed by atoms with Gasteiger partial charge in [-0.2, -0.15) is 0 Å². The molecular formula is C11H8BrClO2. The molecule has 15 heavy (non-hydrogen) atoms. The van der Waals surface area contributed by atoms with Gasteiger partial charge in [-0.05, 0) is 40.2 Å². The Labute approximate surface area is 101 Å². The lowest BCUT2D eigenvalue weighted by atomic mass is 10.3. The maximum atomic E-state index is 5.82. The van der Waals surface area contributed by atoms with Crippen molar-refractivity contribution in [1.29, 1.82) is 0 Å². The molecule has 0 N–H and O–H groups in total. The highest BCUT2D eigenvalue weighted by Gasteiger charge is 2.00. The van der Waals surface area contributed by atoms with Crippen LogP contribution in [-0.4, -0.2) is 0 Å². The summed E-state index contributed by atoms with van der Waals surface area (Å²) in [6.45, 7) is 0.468. The highest BCUT2D eigenvalue weighted by molar-refractivity contribution is 9.10. The molecule has 2 nitrogen and oxygen atoms in total. The molecule has 0 unspecified atom stereocenters. The molecule has 0 radical (unpaired) electrons.